The minimum Gasteiger partial charge on any atom is -0.406 e. The van der Waals surface area contributed by atoms with Crippen LogP contribution in [0.5, 0.6) is 5.75 Å². The number of rotatable bonds is 6. The molecule has 0 heterocycles. The Hall–Kier alpha value is -1.36. The van der Waals surface area contributed by atoms with Gasteiger partial charge in [0, 0.05) is 18.7 Å². The molecule has 1 rings (SSSR count). The van der Waals surface area contributed by atoms with E-state index >= 15 is 0 Å². The third kappa shape index (κ3) is 5.87. The van der Waals surface area contributed by atoms with Crippen molar-refractivity contribution in [2.24, 2.45) is 5.73 Å². The SMILES string of the molecule is CC(O)C(N)CNS(=O)(=O)c1cccc(OC(F)(F)F)c1. The molecule has 1 aromatic rings. The molecule has 2 atom stereocenters. The summed E-state index contributed by atoms with van der Waals surface area (Å²) in [6.07, 6.45) is -5.85. The Morgan fingerprint density at radius 3 is 2.57 bits per heavy atom. The van der Waals surface area contributed by atoms with E-state index in [-0.39, 0.29) is 6.54 Å². The van der Waals surface area contributed by atoms with Crippen molar-refractivity contribution < 1.29 is 31.4 Å². The highest BCUT2D eigenvalue weighted by Crippen LogP contribution is 2.24. The van der Waals surface area contributed by atoms with Crippen LogP contribution < -0.4 is 15.2 Å². The fourth-order valence-corrected chi connectivity index (χ4v) is 2.41. The summed E-state index contributed by atoms with van der Waals surface area (Å²) < 4.78 is 65.8. The molecule has 10 heteroatoms. The molecule has 0 aliphatic carbocycles. The van der Waals surface area contributed by atoms with E-state index in [0.29, 0.717) is 0 Å². The lowest BCUT2D eigenvalue weighted by molar-refractivity contribution is -0.274. The van der Waals surface area contributed by atoms with Gasteiger partial charge in [-0.3, -0.25) is 0 Å². The Kier molecular flexibility index (Phi) is 5.56. The first-order chi connectivity index (χ1) is 9.51. The van der Waals surface area contributed by atoms with Crippen molar-refractivity contribution in [2.45, 2.75) is 30.3 Å². The molecule has 0 aliphatic heterocycles. The summed E-state index contributed by atoms with van der Waals surface area (Å²) in [5.41, 5.74) is 5.46. The highest BCUT2D eigenvalue weighted by Gasteiger charge is 2.31. The molecule has 0 aromatic heterocycles. The average Bonchev–Trinajstić information content (AvgIpc) is 2.34. The number of alkyl halides is 3. The van der Waals surface area contributed by atoms with Crippen LogP contribution in [0, 0.1) is 0 Å². The smallest absolute Gasteiger partial charge is 0.406 e. The number of hydrogen-bond acceptors (Lipinski definition) is 5. The van der Waals surface area contributed by atoms with Gasteiger partial charge >= 0.3 is 6.36 Å². The first-order valence-electron chi connectivity index (χ1n) is 5.80. The van der Waals surface area contributed by atoms with Crippen LogP contribution in [0.3, 0.4) is 0 Å². The summed E-state index contributed by atoms with van der Waals surface area (Å²) >= 11 is 0. The van der Waals surface area contributed by atoms with Crippen molar-refractivity contribution >= 4 is 10.0 Å². The molecular weight excluding hydrogens is 313 g/mol. The topological polar surface area (TPSA) is 102 Å². The number of aliphatic hydroxyl groups excluding tert-OH is 1. The second kappa shape index (κ2) is 6.60. The van der Waals surface area contributed by atoms with Gasteiger partial charge in [-0.15, -0.1) is 13.2 Å². The Morgan fingerprint density at radius 2 is 2.05 bits per heavy atom. The number of sulfonamides is 1. The van der Waals surface area contributed by atoms with E-state index < -0.39 is 39.2 Å². The quantitative estimate of drug-likeness (QED) is 0.709. The number of aliphatic hydroxyl groups is 1. The summed E-state index contributed by atoms with van der Waals surface area (Å²) in [4.78, 5) is -0.401. The van der Waals surface area contributed by atoms with Crippen LogP contribution in [0.1, 0.15) is 6.92 Å². The third-order valence-corrected chi connectivity index (χ3v) is 3.90. The van der Waals surface area contributed by atoms with Crippen LogP contribution in [-0.2, 0) is 10.0 Å². The molecular formula is C11H15F3N2O4S. The van der Waals surface area contributed by atoms with Crippen LogP contribution in [0.4, 0.5) is 13.2 Å². The zero-order chi connectivity index (χ0) is 16.3. The molecule has 0 saturated carbocycles. The van der Waals surface area contributed by atoms with E-state index in [0.717, 1.165) is 24.3 Å². The van der Waals surface area contributed by atoms with Crippen LogP contribution in [0.25, 0.3) is 0 Å². The van der Waals surface area contributed by atoms with E-state index in [1.165, 1.54) is 6.92 Å². The van der Waals surface area contributed by atoms with Gasteiger partial charge in [0.15, 0.2) is 0 Å². The fourth-order valence-electron chi connectivity index (χ4n) is 1.30. The van der Waals surface area contributed by atoms with Gasteiger partial charge in [-0.25, -0.2) is 13.1 Å². The van der Waals surface area contributed by atoms with E-state index in [4.69, 9.17) is 10.8 Å². The molecule has 2 unspecified atom stereocenters. The van der Waals surface area contributed by atoms with Gasteiger partial charge in [-0.1, -0.05) is 6.07 Å². The highest BCUT2D eigenvalue weighted by molar-refractivity contribution is 7.89. The van der Waals surface area contributed by atoms with E-state index in [2.05, 4.69) is 9.46 Å². The van der Waals surface area contributed by atoms with Crippen molar-refractivity contribution in [3.05, 3.63) is 24.3 Å². The standard InChI is InChI=1S/C11H15F3N2O4S/c1-7(17)10(15)6-16-21(18,19)9-4-2-3-8(5-9)20-11(12,13)14/h2-5,7,10,16-17H,6,15H2,1H3. The molecule has 0 bridgehead atoms. The number of ether oxygens (including phenoxy) is 1. The molecule has 0 fully saturated rings. The second-order valence-corrected chi connectivity index (χ2v) is 6.05. The van der Waals surface area contributed by atoms with Gasteiger partial charge in [0.25, 0.3) is 0 Å². The molecule has 4 N–H and O–H groups in total. The average molecular weight is 328 g/mol. The molecule has 0 spiro atoms. The monoisotopic (exact) mass is 328 g/mol. The molecule has 0 aliphatic rings. The van der Waals surface area contributed by atoms with Gasteiger partial charge in [0.05, 0.1) is 11.0 Å². The molecule has 0 saturated heterocycles. The van der Waals surface area contributed by atoms with Gasteiger partial charge in [-0.05, 0) is 19.1 Å². The predicted octanol–water partition coefficient (Wildman–Crippen LogP) is 0.572. The Balaban J connectivity index is 2.86. The van der Waals surface area contributed by atoms with Crippen molar-refractivity contribution in [3.63, 3.8) is 0 Å². The first-order valence-corrected chi connectivity index (χ1v) is 7.29. The van der Waals surface area contributed by atoms with Crippen LogP contribution in [-0.4, -0.2) is 38.6 Å². The van der Waals surface area contributed by atoms with Gasteiger partial charge in [0.2, 0.25) is 10.0 Å². The molecule has 0 radical (unpaired) electrons. The lowest BCUT2D eigenvalue weighted by atomic mass is 10.2. The van der Waals surface area contributed by atoms with Crippen molar-refractivity contribution in [1.82, 2.24) is 4.72 Å². The molecule has 6 nitrogen and oxygen atoms in total. The molecule has 0 amide bonds. The number of nitrogens with one attached hydrogen (secondary N) is 1. The highest BCUT2D eigenvalue weighted by atomic mass is 32.2. The summed E-state index contributed by atoms with van der Waals surface area (Å²) in [5, 5.41) is 9.16. The molecule has 120 valence electrons. The largest absolute Gasteiger partial charge is 0.573 e. The lowest BCUT2D eigenvalue weighted by Crippen LogP contribution is -2.43. The maximum Gasteiger partial charge on any atom is 0.573 e. The molecule has 1 aromatic carbocycles. The lowest BCUT2D eigenvalue weighted by Gasteiger charge is -2.16. The van der Waals surface area contributed by atoms with Crippen molar-refractivity contribution in [1.29, 1.82) is 0 Å². The van der Waals surface area contributed by atoms with Gasteiger partial charge < -0.3 is 15.6 Å². The first kappa shape index (κ1) is 17.7. The summed E-state index contributed by atoms with van der Waals surface area (Å²) in [6, 6.07) is 3.11. The number of benzene rings is 1. The Morgan fingerprint density at radius 1 is 1.43 bits per heavy atom. The second-order valence-electron chi connectivity index (χ2n) is 4.28. The normalized spacial score (nSPS) is 15.5. The third-order valence-electron chi connectivity index (χ3n) is 2.48. The number of halogens is 3. The summed E-state index contributed by atoms with van der Waals surface area (Å²) in [6.45, 7) is 1.13. The zero-order valence-electron chi connectivity index (χ0n) is 11.0. The zero-order valence-corrected chi connectivity index (χ0v) is 11.8. The Labute approximate surface area is 119 Å². The maximum absolute atomic E-state index is 12.1. The van der Waals surface area contributed by atoms with Crippen molar-refractivity contribution in [3.8, 4) is 5.75 Å². The van der Waals surface area contributed by atoms with E-state index in [1.807, 2.05) is 0 Å². The fraction of sp³-hybridized carbons (Fsp3) is 0.455. The summed E-state index contributed by atoms with van der Waals surface area (Å²) in [5.74, 6) is -0.648. The van der Waals surface area contributed by atoms with Crippen LogP contribution >= 0.6 is 0 Å². The van der Waals surface area contributed by atoms with Crippen LogP contribution in [0.2, 0.25) is 0 Å². The van der Waals surface area contributed by atoms with Gasteiger partial charge in [0.1, 0.15) is 5.75 Å². The minimum absolute atomic E-state index is 0.260. The Bertz CT molecular complexity index is 575. The number of nitrogens with two attached hydrogens (primary N) is 1. The van der Waals surface area contributed by atoms with E-state index in [1.54, 1.807) is 0 Å². The van der Waals surface area contributed by atoms with Gasteiger partial charge in [-0.2, -0.15) is 0 Å². The van der Waals surface area contributed by atoms with Crippen molar-refractivity contribution in [2.75, 3.05) is 6.54 Å². The maximum atomic E-state index is 12.1. The van der Waals surface area contributed by atoms with Crippen LogP contribution in [0.15, 0.2) is 29.2 Å². The molecule has 21 heavy (non-hydrogen) atoms. The number of hydrogen-bond donors (Lipinski definition) is 3. The predicted molar refractivity (Wildman–Crippen MR) is 68.0 cm³/mol. The summed E-state index contributed by atoms with van der Waals surface area (Å²) in [7, 11) is -4.06. The van der Waals surface area contributed by atoms with E-state index in [9.17, 15) is 21.6 Å². The minimum atomic E-state index is -4.91.